The van der Waals surface area contributed by atoms with E-state index < -0.39 is 0 Å². The molecule has 0 aliphatic carbocycles. The summed E-state index contributed by atoms with van der Waals surface area (Å²) >= 11 is 0. The number of hydrogen-bond donors (Lipinski definition) is 0. The molecule has 0 amide bonds. The lowest BCUT2D eigenvalue weighted by Gasteiger charge is -2.40. The zero-order valence-corrected chi connectivity index (χ0v) is 19.0. The van der Waals surface area contributed by atoms with Gasteiger partial charge in [0.05, 0.1) is 18.7 Å². The van der Waals surface area contributed by atoms with Crippen LogP contribution in [0.15, 0.2) is 48.5 Å². The lowest BCUT2D eigenvalue weighted by atomic mass is 10.0. The molecule has 7 nitrogen and oxygen atoms in total. The molecule has 2 atom stereocenters. The number of piperazine rings is 1. The van der Waals surface area contributed by atoms with Crippen LogP contribution in [0.3, 0.4) is 0 Å². The summed E-state index contributed by atoms with van der Waals surface area (Å²) in [4.78, 5) is 5.03. The number of anilines is 1. The van der Waals surface area contributed by atoms with Gasteiger partial charge in [-0.1, -0.05) is 42.5 Å². The van der Waals surface area contributed by atoms with E-state index in [1.54, 1.807) is 0 Å². The molecule has 3 aromatic rings. The van der Waals surface area contributed by atoms with Gasteiger partial charge in [-0.15, -0.1) is 5.10 Å². The van der Waals surface area contributed by atoms with Crippen molar-refractivity contribution in [1.82, 2.24) is 25.1 Å². The van der Waals surface area contributed by atoms with Gasteiger partial charge in [-0.3, -0.25) is 4.90 Å². The van der Waals surface area contributed by atoms with Crippen LogP contribution in [0.4, 0.5) is 5.69 Å². The number of aryl methyl sites for hydroxylation is 1. The lowest BCUT2D eigenvalue weighted by Crippen LogP contribution is -2.48. The van der Waals surface area contributed by atoms with Crippen molar-refractivity contribution >= 4 is 5.69 Å². The number of hydrogen-bond acceptors (Lipinski definition) is 6. The Hall–Kier alpha value is -2.77. The van der Waals surface area contributed by atoms with E-state index in [0.717, 1.165) is 51.5 Å². The minimum atomic E-state index is 0.0355. The Morgan fingerprint density at radius 3 is 2.56 bits per heavy atom. The first kappa shape index (κ1) is 21.1. The first-order valence-corrected chi connectivity index (χ1v) is 11.7. The van der Waals surface area contributed by atoms with E-state index in [1.807, 2.05) is 4.68 Å². The molecule has 3 heterocycles. The van der Waals surface area contributed by atoms with Crippen LogP contribution in [0.5, 0.6) is 0 Å². The summed E-state index contributed by atoms with van der Waals surface area (Å²) < 4.78 is 7.82. The third-order valence-electron chi connectivity index (χ3n) is 6.92. The molecule has 32 heavy (non-hydrogen) atoms. The van der Waals surface area contributed by atoms with Gasteiger partial charge in [0.1, 0.15) is 0 Å². The lowest BCUT2D eigenvalue weighted by molar-refractivity contribution is 0.0906. The summed E-state index contributed by atoms with van der Waals surface area (Å²) in [5.74, 6) is 0.909. The van der Waals surface area contributed by atoms with Gasteiger partial charge < -0.3 is 9.64 Å². The van der Waals surface area contributed by atoms with Crippen molar-refractivity contribution < 1.29 is 4.74 Å². The Kier molecular flexibility index (Phi) is 6.19. The van der Waals surface area contributed by atoms with Gasteiger partial charge in [0.15, 0.2) is 5.82 Å². The zero-order valence-electron chi connectivity index (χ0n) is 19.0. The molecule has 2 aliphatic rings. The van der Waals surface area contributed by atoms with Gasteiger partial charge in [0.25, 0.3) is 0 Å². The Labute approximate surface area is 190 Å². The van der Waals surface area contributed by atoms with Crippen LogP contribution in [0.2, 0.25) is 0 Å². The average Bonchev–Trinajstić information content (AvgIpc) is 3.50. The molecule has 2 aliphatic heterocycles. The first-order chi connectivity index (χ1) is 15.7. The monoisotopic (exact) mass is 432 g/mol. The second-order valence-corrected chi connectivity index (χ2v) is 8.91. The molecule has 0 bridgehead atoms. The number of nitrogens with zero attached hydrogens (tertiary/aromatic N) is 6. The highest BCUT2D eigenvalue weighted by Gasteiger charge is 2.31. The van der Waals surface area contributed by atoms with Gasteiger partial charge in [0.2, 0.25) is 0 Å². The molecule has 168 valence electrons. The van der Waals surface area contributed by atoms with Crippen molar-refractivity contribution in [2.45, 2.75) is 45.4 Å². The molecule has 1 aromatic heterocycles. The zero-order chi connectivity index (χ0) is 21.9. The standard InChI is InChI=1S/C25H32N6O/c1-19-8-6-12-23(20(19)2)29-13-15-30(16-14-29)24(21-9-4-3-5-10-21)25-26-27-28-31(25)18-22-11-7-17-32-22/h3-6,8-10,12,22,24H,7,11,13-18H2,1-2H3/t22-,24-/m0/s1. The van der Waals surface area contributed by atoms with Crippen LogP contribution in [-0.4, -0.2) is 64.0 Å². The fourth-order valence-corrected chi connectivity index (χ4v) is 4.98. The van der Waals surface area contributed by atoms with E-state index in [1.165, 1.54) is 22.4 Å². The Morgan fingerprint density at radius 2 is 1.81 bits per heavy atom. The number of rotatable bonds is 6. The average molecular weight is 433 g/mol. The van der Waals surface area contributed by atoms with Crippen LogP contribution in [0.1, 0.15) is 41.4 Å². The fraction of sp³-hybridized carbons (Fsp3) is 0.480. The third-order valence-corrected chi connectivity index (χ3v) is 6.92. The van der Waals surface area contributed by atoms with Gasteiger partial charge in [-0.25, -0.2) is 4.68 Å². The summed E-state index contributed by atoms with van der Waals surface area (Å²) in [7, 11) is 0. The minimum absolute atomic E-state index is 0.0355. The molecular formula is C25H32N6O. The molecule has 0 N–H and O–H groups in total. The molecule has 5 rings (SSSR count). The predicted octanol–water partition coefficient (Wildman–Crippen LogP) is 3.38. The van der Waals surface area contributed by atoms with E-state index >= 15 is 0 Å². The molecule has 0 saturated carbocycles. The number of benzene rings is 2. The Morgan fingerprint density at radius 1 is 1.00 bits per heavy atom. The van der Waals surface area contributed by atoms with E-state index in [0.29, 0.717) is 6.54 Å². The summed E-state index contributed by atoms with van der Waals surface area (Å²) in [6.45, 7) is 9.86. The van der Waals surface area contributed by atoms with Crippen LogP contribution in [0, 0.1) is 13.8 Å². The van der Waals surface area contributed by atoms with Crippen molar-refractivity contribution in [3.05, 3.63) is 71.0 Å². The second-order valence-electron chi connectivity index (χ2n) is 8.91. The molecule has 0 unspecified atom stereocenters. The minimum Gasteiger partial charge on any atom is -0.376 e. The molecule has 2 fully saturated rings. The SMILES string of the molecule is Cc1cccc(N2CCN([C@@H](c3ccccc3)c3nnnn3C[C@@H]3CCCO3)CC2)c1C. The predicted molar refractivity (Wildman–Crippen MR) is 125 cm³/mol. The van der Waals surface area contributed by atoms with E-state index in [4.69, 9.17) is 4.74 Å². The van der Waals surface area contributed by atoms with Gasteiger partial charge in [-0.2, -0.15) is 0 Å². The molecule has 0 radical (unpaired) electrons. The summed E-state index contributed by atoms with van der Waals surface area (Å²) in [5, 5.41) is 12.9. The maximum absolute atomic E-state index is 5.86. The van der Waals surface area contributed by atoms with Crippen molar-refractivity contribution in [1.29, 1.82) is 0 Å². The van der Waals surface area contributed by atoms with E-state index in [2.05, 4.69) is 87.7 Å². The number of aromatic nitrogens is 4. The topological polar surface area (TPSA) is 59.3 Å². The highest BCUT2D eigenvalue weighted by molar-refractivity contribution is 5.56. The highest BCUT2D eigenvalue weighted by atomic mass is 16.5. The van der Waals surface area contributed by atoms with E-state index in [-0.39, 0.29) is 12.1 Å². The van der Waals surface area contributed by atoms with Crippen LogP contribution in [0.25, 0.3) is 0 Å². The van der Waals surface area contributed by atoms with Crippen molar-refractivity contribution in [2.24, 2.45) is 0 Å². The van der Waals surface area contributed by atoms with E-state index in [9.17, 15) is 0 Å². The first-order valence-electron chi connectivity index (χ1n) is 11.7. The largest absolute Gasteiger partial charge is 0.376 e. The quantitative estimate of drug-likeness (QED) is 0.595. The normalized spacial score (nSPS) is 20.6. The van der Waals surface area contributed by atoms with Gasteiger partial charge in [-0.05, 0) is 59.9 Å². The molecular weight excluding hydrogens is 400 g/mol. The number of tetrazole rings is 1. The molecule has 0 spiro atoms. The van der Waals surface area contributed by atoms with Gasteiger partial charge >= 0.3 is 0 Å². The fourth-order valence-electron chi connectivity index (χ4n) is 4.98. The van der Waals surface area contributed by atoms with Crippen LogP contribution in [-0.2, 0) is 11.3 Å². The van der Waals surface area contributed by atoms with Crippen molar-refractivity contribution in [3.8, 4) is 0 Å². The smallest absolute Gasteiger partial charge is 0.173 e. The van der Waals surface area contributed by atoms with Crippen LogP contribution >= 0.6 is 0 Å². The molecule has 2 aromatic carbocycles. The maximum atomic E-state index is 5.86. The third kappa shape index (κ3) is 4.27. The number of ether oxygens (including phenoxy) is 1. The molecule has 2 saturated heterocycles. The van der Waals surface area contributed by atoms with Crippen molar-refractivity contribution in [2.75, 3.05) is 37.7 Å². The van der Waals surface area contributed by atoms with Crippen LogP contribution < -0.4 is 4.90 Å². The Balaban J connectivity index is 1.39. The summed E-state index contributed by atoms with van der Waals surface area (Å²) in [6.07, 6.45) is 2.39. The highest BCUT2D eigenvalue weighted by Crippen LogP contribution is 2.30. The molecule has 7 heteroatoms. The van der Waals surface area contributed by atoms with Crippen molar-refractivity contribution in [3.63, 3.8) is 0 Å². The maximum Gasteiger partial charge on any atom is 0.173 e. The second kappa shape index (κ2) is 9.38. The Bertz CT molecular complexity index is 1020. The van der Waals surface area contributed by atoms with Gasteiger partial charge in [0, 0.05) is 38.5 Å². The summed E-state index contributed by atoms with van der Waals surface area (Å²) in [6, 6.07) is 17.3. The summed E-state index contributed by atoms with van der Waals surface area (Å²) in [5.41, 5.74) is 5.31.